The van der Waals surface area contributed by atoms with Crippen LogP contribution in [-0.2, 0) is 4.79 Å². The molecule has 0 aliphatic rings. The summed E-state index contributed by atoms with van der Waals surface area (Å²) in [5, 5.41) is 17.1. The number of rotatable bonds is 4. The Morgan fingerprint density at radius 2 is 1.95 bits per heavy atom. The second kappa shape index (κ2) is 6.22. The van der Waals surface area contributed by atoms with Gasteiger partial charge in [-0.05, 0) is 55.5 Å². The predicted octanol–water partition coefficient (Wildman–Crippen LogP) is 3.53. The van der Waals surface area contributed by atoms with Crippen molar-refractivity contribution in [2.24, 2.45) is 0 Å². The molecule has 1 aromatic carbocycles. The standard InChI is InChI=1S/C17H23N3O2/c1-10(2)14-7-15(12(4)6-16(14)21)19-17(22)13(5)20-9-11(3)8-18-20/h6-10,13,21H,1-5H3,(H,19,22). The third kappa shape index (κ3) is 3.30. The van der Waals surface area contributed by atoms with Crippen LogP contribution in [0.25, 0.3) is 0 Å². The fourth-order valence-corrected chi connectivity index (χ4v) is 2.31. The van der Waals surface area contributed by atoms with E-state index in [0.717, 1.165) is 22.4 Å². The zero-order chi connectivity index (χ0) is 16.4. The number of aryl methyl sites for hydroxylation is 2. The molecule has 0 aliphatic heterocycles. The first kappa shape index (κ1) is 16.1. The molecular weight excluding hydrogens is 278 g/mol. The number of benzene rings is 1. The number of phenolic OH excluding ortho intramolecular Hbond substituents is 1. The minimum atomic E-state index is -0.399. The molecule has 0 radical (unpaired) electrons. The van der Waals surface area contributed by atoms with Gasteiger partial charge in [0.25, 0.3) is 0 Å². The molecule has 5 heteroatoms. The number of aromatic nitrogens is 2. The summed E-state index contributed by atoms with van der Waals surface area (Å²) < 4.78 is 1.64. The molecule has 0 spiro atoms. The minimum Gasteiger partial charge on any atom is -0.508 e. The fraction of sp³-hybridized carbons (Fsp3) is 0.412. The molecule has 1 atom stereocenters. The van der Waals surface area contributed by atoms with E-state index >= 15 is 0 Å². The molecule has 22 heavy (non-hydrogen) atoms. The SMILES string of the molecule is Cc1cnn(C(C)C(=O)Nc2cc(C(C)C)c(O)cc2C)c1. The highest BCUT2D eigenvalue weighted by atomic mass is 16.3. The first-order chi connectivity index (χ1) is 10.3. The van der Waals surface area contributed by atoms with Crippen molar-refractivity contribution in [3.63, 3.8) is 0 Å². The Kier molecular flexibility index (Phi) is 4.54. The van der Waals surface area contributed by atoms with Crippen LogP contribution in [0.2, 0.25) is 0 Å². The van der Waals surface area contributed by atoms with E-state index < -0.39 is 6.04 Å². The van der Waals surface area contributed by atoms with Gasteiger partial charge in [-0.2, -0.15) is 5.10 Å². The molecule has 1 unspecified atom stereocenters. The highest BCUT2D eigenvalue weighted by molar-refractivity contribution is 5.94. The van der Waals surface area contributed by atoms with E-state index in [1.807, 2.05) is 40.0 Å². The van der Waals surface area contributed by atoms with Crippen molar-refractivity contribution in [1.82, 2.24) is 9.78 Å². The van der Waals surface area contributed by atoms with Crippen molar-refractivity contribution in [1.29, 1.82) is 0 Å². The van der Waals surface area contributed by atoms with Gasteiger partial charge in [0, 0.05) is 11.9 Å². The number of carbonyl (C=O) groups is 1. The van der Waals surface area contributed by atoms with Gasteiger partial charge < -0.3 is 10.4 Å². The van der Waals surface area contributed by atoms with Crippen LogP contribution in [0.3, 0.4) is 0 Å². The van der Waals surface area contributed by atoms with Gasteiger partial charge in [0.1, 0.15) is 11.8 Å². The van der Waals surface area contributed by atoms with Crippen molar-refractivity contribution in [3.8, 4) is 5.75 Å². The van der Waals surface area contributed by atoms with E-state index in [9.17, 15) is 9.90 Å². The predicted molar refractivity (Wildman–Crippen MR) is 87.2 cm³/mol. The van der Waals surface area contributed by atoms with Crippen LogP contribution in [0.15, 0.2) is 24.5 Å². The van der Waals surface area contributed by atoms with E-state index in [-0.39, 0.29) is 17.6 Å². The number of hydrogen-bond acceptors (Lipinski definition) is 3. The largest absolute Gasteiger partial charge is 0.508 e. The quantitative estimate of drug-likeness (QED) is 0.849. The van der Waals surface area contributed by atoms with Gasteiger partial charge >= 0.3 is 0 Å². The van der Waals surface area contributed by atoms with Crippen molar-refractivity contribution >= 4 is 11.6 Å². The topological polar surface area (TPSA) is 67.2 Å². The maximum Gasteiger partial charge on any atom is 0.248 e. The number of nitrogens with one attached hydrogen (secondary N) is 1. The number of carbonyl (C=O) groups excluding carboxylic acids is 1. The van der Waals surface area contributed by atoms with Crippen LogP contribution >= 0.6 is 0 Å². The molecule has 2 N–H and O–H groups in total. The van der Waals surface area contributed by atoms with Crippen LogP contribution in [-0.4, -0.2) is 20.8 Å². The van der Waals surface area contributed by atoms with Crippen LogP contribution in [0, 0.1) is 13.8 Å². The lowest BCUT2D eigenvalue weighted by Crippen LogP contribution is -2.24. The van der Waals surface area contributed by atoms with E-state index in [1.54, 1.807) is 23.9 Å². The summed E-state index contributed by atoms with van der Waals surface area (Å²) in [5.41, 5.74) is 3.40. The Hall–Kier alpha value is -2.30. The first-order valence-corrected chi connectivity index (χ1v) is 7.44. The van der Waals surface area contributed by atoms with Crippen molar-refractivity contribution < 1.29 is 9.90 Å². The van der Waals surface area contributed by atoms with Crippen LogP contribution in [0.5, 0.6) is 5.75 Å². The van der Waals surface area contributed by atoms with E-state index in [1.165, 1.54) is 0 Å². The van der Waals surface area contributed by atoms with E-state index in [2.05, 4.69) is 10.4 Å². The zero-order valence-electron chi connectivity index (χ0n) is 13.7. The molecule has 0 saturated heterocycles. The third-order valence-corrected chi connectivity index (χ3v) is 3.76. The molecule has 0 bridgehead atoms. The summed E-state index contributed by atoms with van der Waals surface area (Å²) in [6, 6.07) is 3.13. The minimum absolute atomic E-state index is 0.133. The lowest BCUT2D eigenvalue weighted by Gasteiger charge is -2.17. The van der Waals surface area contributed by atoms with Gasteiger partial charge in [0.05, 0.1) is 6.20 Å². The highest BCUT2D eigenvalue weighted by Gasteiger charge is 2.18. The van der Waals surface area contributed by atoms with Gasteiger partial charge in [-0.3, -0.25) is 9.48 Å². The zero-order valence-corrected chi connectivity index (χ0v) is 13.7. The second-order valence-electron chi connectivity index (χ2n) is 6.04. The third-order valence-electron chi connectivity index (χ3n) is 3.76. The number of amides is 1. The molecular formula is C17H23N3O2. The number of hydrogen-bond donors (Lipinski definition) is 2. The van der Waals surface area contributed by atoms with Gasteiger partial charge in [0.15, 0.2) is 0 Å². The normalized spacial score (nSPS) is 12.5. The number of nitrogens with zero attached hydrogens (tertiary/aromatic N) is 2. The monoisotopic (exact) mass is 301 g/mol. The summed E-state index contributed by atoms with van der Waals surface area (Å²) in [6.07, 6.45) is 3.57. The maximum absolute atomic E-state index is 12.4. The summed E-state index contributed by atoms with van der Waals surface area (Å²) in [4.78, 5) is 12.4. The van der Waals surface area contributed by atoms with Gasteiger partial charge in [0.2, 0.25) is 5.91 Å². The molecule has 2 rings (SSSR count). The molecule has 2 aromatic rings. The smallest absolute Gasteiger partial charge is 0.248 e. The molecule has 5 nitrogen and oxygen atoms in total. The Morgan fingerprint density at radius 1 is 1.27 bits per heavy atom. The Labute approximate surface area is 131 Å². The van der Waals surface area contributed by atoms with E-state index in [0.29, 0.717) is 0 Å². The Bertz CT molecular complexity index is 689. The van der Waals surface area contributed by atoms with E-state index in [4.69, 9.17) is 0 Å². The molecule has 1 heterocycles. The fourth-order valence-electron chi connectivity index (χ4n) is 2.31. The Morgan fingerprint density at radius 3 is 2.50 bits per heavy atom. The lowest BCUT2D eigenvalue weighted by molar-refractivity contribution is -0.119. The summed E-state index contributed by atoms with van der Waals surface area (Å²) in [7, 11) is 0. The molecule has 0 aliphatic carbocycles. The second-order valence-corrected chi connectivity index (χ2v) is 6.04. The molecule has 1 aromatic heterocycles. The molecule has 1 amide bonds. The van der Waals surface area contributed by atoms with Gasteiger partial charge in [-0.15, -0.1) is 0 Å². The lowest BCUT2D eigenvalue weighted by atomic mass is 9.99. The van der Waals surface area contributed by atoms with Gasteiger partial charge in [-0.25, -0.2) is 0 Å². The highest BCUT2D eigenvalue weighted by Crippen LogP contribution is 2.31. The molecule has 0 saturated carbocycles. The summed E-state index contributed by atoms with van der Waals surface area (Å²) in [6.45, 7) is 9.62. The maximum atomic E-state index is 12.4. The Balaban J connectivity index is 2.23. The van der Waals surface area contributed by atoms with Crippen LogP contribution in [0.1, 0.15) is 49.4 Å². The van der Waals surface area contributed by atoms with Crippen LogP contribution < -0.4 is 5.32 Å². The van der Waals surface area contributed by atoms with Crippen molar-refractivity contribution in [2.45, 2.75) is 46.6 Å². The first-order valence-electron chi connectivity index (χ1n) is 7.44. The van der Waals surface area contributed by atoms with Crippen molar-refractivity contribution in [3.05, 3.63) is 41.2 Å². The van der Waals surface area contributed by atoms with Gasteiger partial charge in [-0.1, -0.05) is 13.8 Å². The number of aromatic hydroxyl groups is 1. The van der Waals surface area contributed by atoms with Crippen LogP contribution in [0.4, 0.5) is 5.69 Å². The molecule has 118 valence electrons. The summed E-state index contributed by atoms with van der Waals surface area (Å²) >= 11 is 0. The summed E-state index contributed by atoms with van der Waals surface area (Å²) in [5.74, 6) is 0.315. The number of phenols is 1. The average Bonchev–Trinajstić information content (AvgIpc) is 2.87. The number of anilines is 1. The molecule has 0 fully saturated rings. The van der Waals surface area contributed by atoms with Crippen molar-refractivity contribution in [2.75, 3.05) is 5.32 Å². The average molecular weight is 301 g/mol.